The lowest BCUT2D eigenvalue weighted by atomic mass is 10.1. The summed E-state index contributed by atoms with van der Waals surface area (Å²) in [4.78, 5) is 26.0. The number of aromatic amines is 1. The zero-order chi connectivity index (χ0) is 19.4. The molecule has 2 heterocycles. The van der Waals surface area contributed by atoms with Gasteiger partial charge >= 0.3 is 12.9 Å². The molecule has 6 atom stereocenters. The highest BCUT2D eigenvalue weighted by Gasteiger charge is 2.53. The van der Waals surface area contributed by atoms with E-state index in [4.69, 9.17) is 18.7 Å². The highest BCUT2D eigenvalue weighted by atomic mass is 32.7. The van der Waals surface area contributed by atoms with Crippen LogP contribution in [0.5, 0.6) is 0 Å². The van der Waals surface area contributed by atoms with E-state index in [1.165, 1.54) is 27.2 Å². The zero-order valence-electron chi connectivity index (χ0n) is 14.5. The van der Waals surface area contributed by atoms with Crippen molar-refractivity contribution in [1.29, 1.82) is 0 Å². The molecule has 2 N–H and O–H groups in total. The summed E-state index contributed by atoms with van der Waals surface area (Å²) in [7, 11) is -0.819. The van der Waals surface area contributed by atoms with Crippen molar-refractivity contribution >= 4 is 19.5 Å². The van der Waals surface area contributed by atoms with E-state index in [1.807, 2.05) is 0 Å². The quantitative estimate of drug-likeness (QED) is 0.314. The number of nitrogens with zero attached hydrogens (tertiary/aromatic N) is 1. The first-order valence-electron chi connectivity index (χ1n) is 7.85. The number of hydrogen-bond donors (Lipinski definition) is 3. The molecule has 1 fully saturated rings. The van der Waals surface area contributed by atoms with Gasteiger partial charge in [0.05, 0.1) is 19.3 Å². The highest BCUT2D eigenvalue weighted by molar-refractivity contribution is 8.39. The molecule has 1 aromatic heterocycles. The van der Waals surface area contributed by atoms with Gasteiger partial charge in [0.15, 0.2) is 12.3 Å². The smallest absolute Gasteiger partial charge is 0.391 e. The molecule has 12 heteroatoms. The highest BCUT2D eigenvalue weighted by Crippen LogP contribution is 2.41. The number of rotatable bonds is 8. The molecule has 0 radical (unpaired) electrons. The summed E-state index contributed by atoms with van der Waals surface area (Å²) in [6.07, 6.45) is -3.43. The molecule has 2 unspecified atom stereocenters. The van der Waals surface area contributed by atoms with Crippen molar-refractivity contribution in [2.24, 2.45) is 0 Å². The maximum absolute atomic E-state index is 12.2. The molecule has 1 aromatic rings. The largest absolute Gasteiger partial charge is 0.582 e. The molecular weight excluding hydrogens is 387 g/mol. The fourth-order valence-corrected chi connectivity index (χ4v) is 3.50. The number of methoxy groups -OCH3 is 1. The third-order valence-electron chi connectivity index (χ3n) is 3.93. The van der Waals surface area contributed by atoms with Crippen LogP contribution in [0.25, 0.3) is 0 Å². The summed E-state index contributed by atoms with van der Waals surface area (Å²) in [5.74, 6) is 0. The SMILES string of the molecule is COCCO[C@H]1C(O[P+](=O)S)[C@@H]([C@@H](C)O)O[C@H]1n1cc(C)c(=O)[nH]c1=O. The summed E-state index contributed by atoms with van der Waals surface area (Å²) in [6.45, 7) is 3.42. The van der Waals surface area contributed by atoms with Crippen molar-refractivity contribution in [3.8, 4) is 0 Å². The van der Waals surface area contributed by atoms with Crippen LogP contribution >= 0.6 is 19.5 Å². The topological polar surface area (TPSA) is 129 Å². The molecular formula is C14H22N2O8PS+. The number of aryl methyl sites for hydroxylation is 1. The predicted octanol–water partition coefficient (Wildman–Crippen LogP) is 0.127. The van der Waals surface area contributed by atoms with Crippen LogP contribution in [-0.4, -0.2) is 59.4 Å². The van der Waals surface area contributed by atoms with E-state index >= 15 is 0 Å². The summed E-state index contributed by atoms with van der Waals surface area (Å²) in [5.41, 5.74) is -0.923. The van der Waals surface area contributed by atoms with Crippen molar-refractivity contribution in [1.82, 2.24) is 9.55 Å². The molecule has 0 bridgehead atoms. The third kappa shape index (κ3) is 4.80. The van der Waals surface area contributed by atoms with Crippen LogP contribution < -0.4 is 11.2 Å². The van der Waals surface area contributed by atoms with Gasteiger partial charge in [0.25, 0.3) is 5.56 Å². The lowest BCUT2D eigenvalue weighted by Crippen LogP contribution is -2.41. The van der Waals surface area contributed by atoms with Gasteiger partial charge in [-0.1, -0.05) is 0 Å². The molecule has 0 aliphatic carbocycles. The van der Waals surface area contributed by atoms with Crippen molar-refractivity contribution < 1.29 is 28.4 Å². The summed E-state index contributed by atoms with van der Waals surface area (Å²) in [5, 5.41) is 10.0. The standard InChI is InChI=1S/C14H21N2O8PS/c1-7-6-16(14(19)15-12(7)18)13-11(22-5-4-21-3)10(24-25(20)26)9(23-13)8(2)17/h6,8-11,13,17H,4-5H2,1-3H3,(H-,15,18,19,20,26)/p+1/t8-,9-,10?,11+,13-/m1/s1. The van der Waals surface area contributed by atoms with Gasteiger partial charge in [-0.2, -0.15) is 0 Å². The molecule has 26 heavy (non-hydrogen) atoms. The molecule has 0 saturated carbocycles. The van der Waals surface area contributed by atoms with Crippen LogP contribution in [0, 0.1) is 6.92 Å². The number of ether oxygens (including phenoxy) is 3. The van der Waals surface area contributed by atoms with Crippen molar-refractivity contribution in [3.63, 3.8) is 0 Å². The normalized spacial score (nSPS) is 27.5. The number of H-pyrrole nitrogens is 1. The van der Waals surface area contributed by atoms with Crippen LogP contribution in [0.4, 0.5) is 0 Å². The average molecular weight is 409 g/mol. The molecule has 1 saturated heterocycles. The average Bonchev–Trinajstić information content (AvgIpc) is 2.89. The monoisotopic (exact) mass is 409 g/mol. The van der Waals surface area contributed by atoms with Gasteiger partial charge in [-0.25, -0.2) is 4.79 Å². The van der Waals surface area contributed by atoms with Gasteiger partial charge in [0.2, 0.25) is 0 Å². The van der Waals surface area contributed by atoms with Crippen molar-refractivity contribution in [2.75, 3.05) is 20.3 Å². The Balaban J connectivity index is 2.44. The van der Waals surface area contributed by atoms with Gasteiger partial charge in [0.1, 0.15) is 24.5 Å². The Morgan fingerprint density at radius 1 is 1.42 bits per heavy atom. The Hall–Kier alpha value is -1.07. The van der Waals surface area contributed by atoms with E-state index in [-0.39, 0.29) is 13.2 Å². The Labute approximate surface area is 155 Å². The summed E-state index contributed by atoms with van der Waals surface area (Å²) in [6, 6.07) is 0. The zero-order valence-corrected chi connectivity index (χ0v) is 16.3. The van der Waals surface area contributed by atoms with E-state index in [1.54, 1.807) is 0 Å². The molecule has 1 aliphatic rings. The fourth-order valence-electron chi connectivity index (χ4n) is 2.72. The fraction of sp³-hybridized carbons (Fsp3) is 0.714. The first-order valence-corrected chi connectivity index (χ1v) is 10.2. The lowest BCUT2D eigenvalue weighted by Gasteiger charge is -2.22. The van der Waals surface area contributed by atoms with Crippen LogP contribution in [0.15, 0.2) is 15.8 Å². The summed E-state index contributed by atoms with van der Waals surface area (Å²) < 4.78 is 34.4. The number of nitrogens with one attached hydrogen (secondary N) is 1. The maximum atomic E-state index is 12.2. The Kier molecular flexibility index (Phi) is 7.53. The van der Waals surface area contributed by atoms with E-state index in [2.05, 4.69) is 17.2 Å². The first kappa shape index (κ1) is 21.2. The minimum Gasteiger partial charge on any atom is -0.391 e. The minimum atomic E-state index is -2.32. The second kappa shape index (κ2) is 9.23. The van der Waals surface area contributed by atoms with E-state index in [0.29, 0.717) is 5.56 Å². The van der Waals surface area contributed by atoms with Crippen molar-refractivity contribution in [2.45, 2.75) is 44.5 Å². The van der Waals surface area contributed by atoms with Crippen LogP contribution in [0.2, 0.25) is 0 Å². The van der Waals surface area contributed by atoms with E-state index in [0.717, 1.165) is 4.57 Å². The number of aliphatic hydroxyl groups excluding tert-OH is 1. The first-order chi connectivity index (χ1) is 12.3. The number of hydrogen-bond acceptors (Lipinski definition) is 8. The lowest BCUT2D eigenvalue weighted by molar-refractivity contribution is -0.0902. The maximum Gasteiger partial charge on any atom is 0.582 e. The molecule has 10 nitrogen and oxygen atoms in total. The van der Waals surface area contributed by atoms with Gasteiger partial charge in [-0.3, -0.25) is 14.3 Å². The Bertz CT molecular complexity index is 751. The minimum absolute atomic E-state index is 0.147. The molecule has 1 aliphatic heterocycles. The van der Waals surface area contributed by atoms with Crippen molar-refractivity contribution in [3.05, 3.63) is 32.6 Å². The Morgan fingerprint density at radius 2 is 2.12 bits per heavy atom. The number of aliphatic hydroxyl groups is 1. The molecule has 146 valence electrons. The second-order valence-corrected chi connectivity index (χ2v) is 7.51. The van der Waals surface area contributed by atoms with Gasteiger partial charge in [-0.05, 0) is 18.4 Å². The van der Waals surface area contributed by atoms with Gasteiger partial charge < -0.3 is 19.3 Å². The molecule has 2 rings (SSSR count). The van der Waals surface area contributed by atoms with E-state index < -0.39 is 49.1 Å². The number of aromatic nitrogens is 2. The number of thiol groups is 1. The van der Waals surface area contributed by atoms with Crippen LogP contribution in [0.3, 0.4) is 0 Å². The second-order valence-electron chi connectivity index (χ2n) is 5.85. The van der Waals surface area contributed by atoms with Gasteiger partial charge in [0, 0.05) is 18.9 Å². The van der Waals surface area contributed by atoms with Crippen LogP contribution in [0.1, 0.15) is 18.7 Å². The molecule has 0 aromatic carbocycles. The van der Waals surface area contributed by atoms with Gasteiger partial charge in [-0.15, -0.1) is 4.52 Å². The summed E-state index contributed by atoms with van der Waals surface area (Å²) >= 11 is 3.75. The third-order valence-corrected chi connectivity index (χ3v) is 4.64. The van der Waals surface area contributed by atoms with Crippen LogP contribution in [-0.2, 0) is 23.3 Å². The molecule has 0 spiro atoms. The Morgan fingerprint density at radius 3 is 2.69 bits per heavy atom. The predicted molar refractivity (Wildman–Crippen MR) is 94.7 cm³/mol. The molecule has 0 amide bonds. The van der Waals surface area contributed by atoms with E-state index in [9.17, 15) is 19.3 Å².